The summed E-state index contributed by atoms with van der Waals surface area (Å²) in [5, 5.41) is 0. The van der Waals surface area contributed by atoms with E-state index < -0.39 is 0 Å². The van der Waals surface area contributed by atoms with Crippen LogP contribution in [-0.2, 0) is 0 Å². The molecule has 2 heterocycles. The molecular formula is C8H12N4. The number of aromatic nitrogens is 2. The maximum absolute atomic E-state index is 5.78. The van der Waals surface area contributed by atoms with Crippen LogP contribution in [0.15, 0.2) is 18.7 Å². The van der Waals surface area contributed by atoms with Crippen molar-refractivity contribution in [3.63, 3.8) is 0 Å². The van der Waals surface area contributed by atoms with Crippen molar-refractivity contribution in [3.05, 3.63) is 18.7 Å². The molecule has 0 spiro atoms. The van der Waals surface area contributed by atoms with Crippen LogP contribution in [0.2, 0.25) is 0 Å². The third-order valence-corrected chi connectivity index (χ3v) is 2.14. The summed E-state index contributed by atoms with van der Waals surface area (Å²) in [6.45, 7) is 1.95. The number of rotatable bonds is 1. The highest BCUT2D eigenvalue weighted by Crippen LogP contribution is 2.16. The maximum atomic E-state index is 5.78. The van der Waals surface area contributed by atoms with Crippen LogP contribution >= 0.6 is 0 Å². The Kier molecular flexibility index (Phi) is 1.91. The lowest BCUT2D eigenvalue weighted by Crippen LogP contribution is -2.26. The molecule has 1 unspecified atom stereocenters. The van der Waals surface area contributed by atoms with Crippen LogP contribution in [0.5, 0.6) is 0 Å². The summed E-state index contributed by atoms with van der Waals surface area (Å²) >= 11 is 0. The molecular weight excluding hydrogens is 152 g/mol. The van der Waals surface area contributed by atoms with E-state index in [2.05, 4.69) is 14.9 Å². The molecule has 0 bridgehead atoms. The lowest BCUT2D eigenvalue weighted by atomic mass is 10.3. The van der Waals surface area contributed by atoms with Crippen molar-refractivity contribution >= 4 is 5.69 Å². The first kappa shape index (κ1) is 7.49. The standard InChI is InChI=1S/C8H12N4/c9-7-1-2-12(5-7)8-3-10-6-11-4-8/h3-4,6-7H,1-2,5,9H2. The van der Waals surface area contributed by atoms with Gasteiger partial charge in [-0.1, -0.05) is 0 Å². The minimum atomic E-state index is 0.310. The summed E-state index contributed by atoms with van der Waals surface area (Å²) in [6, 6.07) is 0.310. The zero-order chi connectivity index (χ0) is 8.39. The molecule has 1 atom stereocenters. The SMILES string of the molecule is NC1CCN(c2cncnc2)C1. The Labute approximate surface area is 71.4 Å². The Morgan fingerprint density at radius 3 is 2.75 bits per heavy atom. The van der Waals surface area contributed by atoms with Crippen molar-refractivity contribution in [2.24, 2.45) is 5.73 Å². The zero-order valence-corrected chi connectivity index (χ0v) is 6.85. The van der Waals surface area contributed by atoms with E-state index in [-0.39, 0.29) is 0 Å². The topological polar surface area (TPSA) is 55.0 Å². The lowest BCUT2D eigenvalue weighted by molar-refractivity contribution is 0.752. The second kappa shape index (κ2) is 3.06. The number of nitrogens with two attached hydrogens (primary N) is 1. The summed E-state index contributed by atoms with van der Waals surface area (Å²) < 4.78 is 0. The summed E-state index contributed by atoms with van der Waals surface area (Å²) in [5.41, 5.74) is 6.85. The van der Waals surface area contributed by atoms with Gasteiger partial charge in [0.1, 0.15) is 6.33 Å². The number of hydrogen-bond acceptors (Lipinski definition) is 4. The normalized spacial score (nSPS) is 23.1. The van der Waals surface area contributed by atoms with E-state index in [9.17, 15) is 0 Å². The molecule has 1 aliphatic heterocycles. The van der Waals surface area contributed by atoms with E-state index in [0.717, 1.165) is 25.2 Å². The number of anilines is 1. The van der Waals surface area contributed by atoms with Crippen LogP contribution in [0.25, 0.3) is 0 Å². The molecule has 0 aromatic carbocycles. The second-order valence-electron chi connectivity index (χ2n) is 3.09. The average Bonchev–Trinajstić information content (AvgIpc) is 2.54. The van der Waals surface area contributed by atoms with Crippen molar-refractivity contribution in [1.29, 1.82) is 0 Å². The van der Waals surface area contributed by atoms with Crippen LogP contribution < -0.4 is 10.6 Å². The van der Waals surface area contributed by atoms with Gasteiger partial charge in [0, 0.05) is 19.1 Å². The number of nitrogens with zero attached hydrogens (tertiary/aromatic N) is 3. The van der Waals surface area contributed by atoms with Gasteiger partial charge in [-0.05, 0) is 6.42 Å². The van der Waals surface area contributed by atoms with Crippen molar-refractivity contribution in [1.82, 2.24) is 9.97 Å². The Hall–Kier alpha value is -1.16. The molecule has 1 aromatic rings. The van der Waals surface area contributed by atoms with Gasteiger partial charge in [-0.3, -0.25) is 0 Å². The molecule has 0 saturated carbocycles. The summed E-state index contributed by atoms with van der Waals surface area (Å²) in [7, 11) is 0. The molecule has 1 saturated heterocycles. The van der Waals surface area contributed by atoms with E-state index in [1.807, 2.05) is 12.4 Å². The fourth-order valence-corrected chi connectivity index (χ4v) is 1.48. The molecule has 4 heteroatoms. The van der Waals surface area contributed by atoms with Gasteiger partial charge >= 0.3 is 0 Å². The molecule has 2 N–H and O–H groups in total. The lowest BCUT2D eigenvalue weighted by Gasteiger charge is -2.16. The van der Waals surface area contributed by atoms with Crippen LogP contribution in [0.1, 0.15) is 6.42 Å². The molecule has 4 nitrogen and oxygen atoms in total. The molecule has 0 radical (unpaired) electrons. The predicted molar refractivity (Wildman–Crippen MR) is 46.8 cm³/mol. The van der Waals surface area contributed by atoms with Gasteiger partial charge in [-0.15, -0.1) is 0 Å². The van der Waals surface area contributed by atoms with E-state index in [1.165, 1.54) is 0 Å². The van der Waals surface area contributed by atoms with Crippen LogP contribution in [0, 0.1) is 0 Å². The van der Waals surface area contributed by atoms with Crippen molar-refractivity contribution < 1.29 is 0 Å². The van der Waals surface area contributed by atoms with Crippen molar-refractivity contribution in [2.75, 3.05) is 18.0 Å². The van der Waals surface area contributed by atoms with E-state index in [1.54, 1.807) is 6.33 Å². The third kappa shape index (κ3) is 1.38. The Bertz CT molecular complexity index is 248. The predicted octanol–water partition coefficient (Wildman–Crippen LogP) is 0.0140. The van der Waals surface area contributed by atoms with E-state index in [0.29, 0.717) is 6.04 Å². The highest BCUT2D eigenvalue weighted by atomic mass is 15.2. The third-order valence-electron chi connectivity index (χ3n) is 2.14. The van der Waals surface area contributed by atoms with Gasteiger partial charge in [-0.25, -0.2) is 9.97 Å². The Morgan fingerprint density at radius 2 is 2.17 bits per heavy atom. The fourth-order valence-electron chi connectivity index (χ4n) is 1.48. The molecule has 1 aliphatic rings. The van der Waals surface area contributed by atoms with Gasteiger partial charge in [0.05, 0.1) is 18.1 Å². The quantitative estimate of drug-likeness (QED) is 0.635. The summed E-state index contributed by atoms with van der Waals surface area (Å²) in [5.74, 6) is 0. The summed E-state index contributed by atoms with van der Waals surface area (Å²) in [4.78, 5) is 10.1. The second-order valence-corrected chi connectivity index (χ2v) is 3.09. The molecule has 1 fully saturated rings. The van der Waals surface area contributed by atoms with Gasteiger partial charge in [0.2, 0.25) is 0 Å². The molecule has 2 rings (SSSR count). The van der Waals surface area contributed by atoms with E-state index >= 15 is 0 Å². The first-order valence-electron chi connectivity index (χ1n) is 4.12. The monoisotopic (exact) mass is 164 g/mol. The van der Waals surface area contributed by atoms with Gasteiger partial charge in [0.15, 0.2) is 0 Å². The first-order chi connectivity index (χ1) is 5.86. The van der Waals surface area contributed by atoms with Crippen LogP contribution in [-0.4, -0.2) is 29.1 Å². The smallest absolute Gasteiger partial charge is 0.115 e. The molecule has 1 aromatic heterocycles. The fraction of sp³-hybridized carbons (Fsp3) is 0.500. The highest BCUT2D eigenvalue weighted by molar-refractivity contribution is 5.42. The van der Waals surface area contributed by atoms with Crippen molar-refractivity contribution in [2.45, 2.75) is 12.5 Å². The minimum Gasteiger partial charge on any atom is -0.367 e. The largest absolute Gasteiger partial charge is 0.367 e. The Balaban J connectivity index is 2.11. The van der Waals surface area contributed by atoms with Gasteiger partial charge in [0.25, 0.3) is 0 Å². The molecule has 64 valence electrons. The zero-order valence-electron chi connectivity index (χ0n) is 6.85. The average molecular weight is 164 g/mol. The first-order valence-corrected chi connectivity index (χ1v) is 4.12. The van der Waals surface area contributed by atoms with Gasteiger partial charge < -0.3 is 10.6 Å². The number of hydrogen-bond donors (Lipinski definition) is 1. The van der Waals surface area contributed by atoms with Crippen molar-refractivity contribution in [3.8, 4) is 0 Å². The summed E-state index contributed by atoms with van der Waals surface area (Å²) in [6.07, 6.45) is 6.25. The van der Waals surface area contributed by atoms with E-state index in [4.69, 9.17) is 5.73 Å². The van der Waals surface area contributed by atoms with Crippen LogP contribution in [0.4, 0.5) is 5.69 Å². The molecule has 0 amide bonds. The molecule has 12 heavy (non-hydrogen) atoms. The highest BCUT2D eigenvalue weighted by Gasteiger charge is 2.19. The minimum absolute atomic E-state index is 0.310. The Morgan fingerprint density at radius 1 is 1.42 bits per heavy atom. The molecule has 0 aliphatic carbocycles. The maximum Gasteiger partial charge on any atom is 0.115 e. The van der Waals surface area contributed by atoms with Crippen LogP contribution in [0.3, 0.4) is 0 Å². The van der Waals surface area contributed by atoms with Gasteiger partial charge in [-0.2, -0.15) is 0 Å².